The van der Waals surface area contributed by atoms with E-state index in [2.05, 4.69) is 31.0 Å². The quantitative estimate of drug-likeness (QED) is 0.751. The Morgan fingerprint density at radius 2 is 2.05 bits per heavy atom. The lowest BCUT2D eigenvalue weighted by Gasteiger charge is -2.43. The molecule has 130 valence electrons. The minimum absolute atomic E-state index is 0.118. The maximum Gasteiger partial charge on any atom is 0.235 e. The number of hydrogen-bond acceptors (Lipinski definition) is 4. The molecule has 7 heteroatoms. The molecule has 0 aromatic carbocycles. The number of nitrogens with one attached hydrogen (secondary N) is 1. The van der Waals surface area contributed by atoms with Gasteiger partial charge in [-0.2, -0.15) is 4.31 Å². The minimum atomic E-state index is -3.32. The van der Waals surface area contributed by atoms with E-state index in [1.165, 1.54) is 26.3 Å². The highest BCUT2D eigenvalue weighted by molar-refractivity contribution is 7.88. The van der Waals surface area contributed by atoms with Crippen molar-refractivity contribution >= 4 is 15.9 Å². The van der Waals surface area contributed by atoms with Crippen LogP contribution in [0.5, 0.6) is 0 Å². The van der Waals surface area contributed by atoms with Gasteiger partial charge in [0.15, 0.2) is 0 Å². The van der Waals surface area contributed by atoms with Gasteiger partial charge in [-0.1, -0.05) is 13.3 Å². The lowest BCUT2D eigenvalue weighted by Crippen LogP contribution is -2.55. The van der Waals surface area contributed by atoms with Crippen molar-refractivity contribution in [1.82, 2.24) is 14.5 Å². The third-order valence-corrected chi connectivity index (χ3v) is 5.86. The summed E-state index contributed by atoms with van der Waals surface area (Å²) in [5, 5.41) is 2.87. The lowest BCUT2D eigenvalue weighted by molar-refractivity contribution is -0.121. The van der Waals surface area contributed by atoms with Crippen LogP contribution in [0.1, 0.15) is 40.0 Å². The Hall–Kier alpha value is -0.660. The number of hydrogen-bond donors (Lipinski definition) is 1. The lowest BCUT2D eigenvalue weighted by atomic mass is 9.91. The van der Waals surface area contributed by atoms with E-state index in [1.54, 1.807) is 0 Å². The number of likely N-dealkylation sites (N-methyl/N-ethyl adjacent to an activating group) is 1. The Morgan fingerprint density at radius 1 is 1.41 bits per heavy atom. The molecular weight excluding hydrogens is 302 g/mol. The van der Waals surface area contributed by atoms with Gasteiger partial charge in [-0.15, -0.1) is 0 Å². The molecule has 0 saturated carbocycles. The summed E-state index contributed by atoms with van der Waals surface area (Å²) in [6.45, 7) is 9.01. The molecule has 1 amide bonds. The molecule has 0 radical (unpaired) electrons. The van der Waals surface area contributed by atoms with Gasteiger partial charge >= 0.3 is 0 Å². The molecule has 1 fully saturated rings. The maximum atomic E-state index is 11.9. The van der Waals surface area contributed by atoms with Crippen LogP contribution in [-0.2, 0) is 14.8 Å². The van der Waals surface area contributed by atoms with Gasteiger partial charge in [-0.25, -0.2) is 8.42 Å². The monoisotopic (exact) mass is 333 g/mol. The van der Waals surface area contributed by atoms with Crippen LogP contribution >= 0.6 is 0 Å². The summed E-state index contributed by atoms with van der Waals surface area (Å²) in [4.78, 5) is 14.4. The first-order valence-corrected chi connectivity index (χ1v) is 9.84. The van der Waals surface area contributed by atoms with Crippen molar-refractivity contribution in [1.29, 1.82) is 0 Å². The fourth-order valence-corrected chi connectivity index (χ4v) is 3.10. The SMILES string of the molecule is CCC1CCCN(C(C)(C)CNC(=O)CN(C)S(C)(=O)=O)C1. The van der Waals surface area contributed by atoms with Crippen molar-refractivity contribution in [2.45, 2.75) is 45.6 Å². The van der Waals surface area contributed by atoms with E-state index < -0.39 is 10.0 Å². The second kappa shape index (κ2) is 7.75. The van der Waals surface area contributed by atoms with Crippen molar-refractivity contribution in [3.8, 4) is 0 Å². The van der Waals surface area contributed by atoms with Crippen LogP contribution in [-0.4, -0.2) is 68.6 Å². The first kappa shape index (κ1) is 19.4. The van der Waals surface area contributed by atoms with E-state index in [9.17, 15) is 13.2 Å². The number of amides is 1. The summed E-state index contributed by atoms with van der Waals surface area (Å²) in [5.74, 6) is 0.477. The molecule has 0 aliphatic carbocycles. The smallest absolute Gasteiger partial charge is 0.235 e. The van der Waals surface area contributed by atoms with E-state index in [4.69, 9.17) is 0 Å². The molecular formula is C15H31N3O3S. The number of piperidine rings is 1. The largest absolute Gasteiger partial charge is 0.353 e. The van der Waals surface area contributed by atoms with Gasteiger partial charge in [0.1, 0.15) is 0 Å². The van der Waals surface area contributed by atoms with Gasteiger partial charge in [-0.05, 0) is 39.2 Å². The molecule has 0 bridgehead atoms. The summed E-state index contributed by atoms with van der Waals surface area (Å²) in [7, 11) is -1.91. The predicted molar refractivity (Wildman–Crippen MR) is 89.2 cm³/mol. The number of carbonyl (C=O) groups excluding carboxylic acids is 1. The van der Waals surface area contributed by atoms with Crippen LogP contribution < -0.4 is 5.32 Å². The Bertz CT molecular complexity index is 476. The molecule has 6 nitrogen and oxygen atoms in total. The molecule has 1 N–H and O–H groups in total. The molecule has 22 heavy (non-hydrogen) atoms. The van der Waals surface area contributed by atoms with Crippen molar-refractivity contribution < 1.29 is 13.2 Å². The van der Waals surface area contributed by atoms with Crippen LogP contribution in [0.2, 0.25) is 0 Å². The topological polar surface area (TPSA) is 69.7 Å². The summed E-state index contributed by atoms with van der Waals surface area (Å²) in [5.41, 5.74) is -0.118. The number of nitrogens with zero attached hydrogens (tertiary/aromatic N) is 2. The number of sulfonamides is 1. The van der Waals surface area contributed by atoms with Crippen LogP contribution in [0, 0.1) is 5.92 Å². The van der Waals surface area contributed by atoms with E-state index >= 15 is 0 Å². The van der Waals surface area contributed by atoms with Gasteiger partial charge in [0.05, 0.1) is 12.8 Å². The summed E-state index contributed by atoms with van der Waals surface area (Å²) in [6.07, 6.45) is 4.78. The Kier molecular flexibility index (Phi) is 6.83. The van der Waals surface area contributed by atoms with Crippen molar-refractivity contribution in [3.05, 3.63) is 0 Å². The zero-order valence-corrected chi connectivity index (χ0v) is 15.4. The summed E-state index contributed by atoms with van der Waals surface area (Å²) < 4.78 is 23.7. The normalized spacial score (nSPS) is 21.1. The third kappa shape index (κ3) is 5.85. The molecule has 0 aromatic rings. The second-order valence-corrected chi connectivity index (χ2v) is 9.06. The minimum Gasteiger partial charge on any atom is -0.353 e. The van der Waals surface area contributed by atoms with E-state index in [0.29, 0.717) is 6.54 Å². The Morgan fingerprint density at radius 3 is 2.59 bits per heavy atom. The average molecular weight is 333 g/mol. The van der Waals surface area contributed by atoms with Crippen LogP contribution in [0.15, 0.2) is 0 Å². The molecule has 0 spiro atoms. The van der Waals surface area contributed by atoms with Gasteiger partial charge in [0.2, 0.25) is 15.9 Å². The molecule has 1 unspecified atom stereocenters. The molecule has 1 rings (SSSR count). The number of carbonyl (C=O) groups is 1. The second-order valence-electron chi connectivity index (χ2n) is 6.97. The zero-order valence-electron chi connectivity index (χ0n) is 14.6. The highest BCUT2D eigenvalue weighted by Crippen LogP contribution is 2.25. The Labute approximate surface area is 135 Å². The molecule has 0 aromatic heterocycles. The average Bonchev–Trinajstić information content (AvgIpc) is 2.44. The Balaban J connectivity index is 2.49. The van der Waals surface area contributed by atoms with Crippen molar-refractivity contribution in [2.24, 2.45) is 5.92 Å². The van der Waals surface area contributed by atoms with Gasteiger partial charge < -0.3 is 5.32 Å². The van der Waals surface area contributed by atoms with E-state index in [1.807, 2.05) is 0 Å². The highest BCUT2D eigenvalue weighted by atomic mass is 32.2. The summed E-state index contributed by atoms with van der Waals surface area (Å²) >= 11 is 0. The van der Waals surface area contributed by atoms with Crippen LogP contribution in [0.3, 0.4) is 0 Å². The predicted octanol–water partition coefficient (Wildman–Crippen LogP) is 0.895. The fourth-order valence-electron chi connectivity index (χ4n) is 2.75. The highest BCUT2D eigenvalue weighted by Gasteiger charge is 2.31. The molecule has 1 aliphatic heterocycles. The van der Waals surface area contributed by atoms with Gasteiger partial charge in [0, 0.05) is 25.7 Å². The van der Waals surface area contributed by atoms with E-state index in [0.717, 1.165) is 29.6 Å². The maximum absolute atomic E-state index is 11.9. The van der Waals surface area contributed by atoms with Crippen molar-refractivity contribution in [3.63, 3.8) is 0 Å². The summed E-state index contributed by atoms with van der Waals surface area (Å²) in [6, 6.07) is 0. The first-order chi connectivity index (χ1) is 10.1. The van der Waals surface area contributed by atoms with E-state index in [-0.39, 0.29) is 18.0 Å². The van der Waals surface area contributed by atoms with Gasteiger partial charge in [-0.3, -0.25) is 9.69 Å². The standard InChI is InChI=1S/C15H31N3O3S/c1-6-13-8-7-9-18(10-13)15(2,3)12-16-14(19)11-17(4)22(5,20)21/h13H,6-12H2,1-5H3,(H,16,19). The molecule has 1 heterocycles. The van der Waals surface area contributed by atoms with Gasteiger partial charge in [0.25, 0.3) is 0 Å². The number of rotatable bonds is 7. The first-order valence-electron chi connectivity index (χ1n) is 7.99. The zero-order chi connectivity index (χ0) is 17.0. The van der Waals surface area contributed by atoms with Crippen LogP contribution in [0.25, 0.3) is 0 Å². The third-order valence-electron chi connectivity index (χ3n) is 4.60. The molecule has 1 aliphatic rings. The van der Waals surface area contributed by atoms with Crippen LogP contribution in [0.4, 0.5) is 0 Å². The molecule has 1 atom stereocenters. The molecule has 1 saturated heterocycles. The van der Waals surface area contributed by atoms with Crippen molar-refractivity contribution in [2.75, 3.05) is 39.5 Å². The fraction of sp³-hybridized carbons (Fsp3) is 0.933. The number of likely N-dealkylation sites (tertiary alicyclic amines) is 1.